The van der Waals surface area contributed by atoms with Gasteiger partial charge in [0.1, 0.15) is 0 Å². The lowest BCUT2D eigenvalue weighted by Gasteiger charge is -2.18. The second kappa shape index (κ2) is 5.89. The van der Waals surface area contributed by atoms with E-state index in [0.717, 1.165) is 21.3 Å². The number of carboxylic acids is 1. The van der Waals surface area contributed by atoms with E-state index in [9.17, 15) is 9.90 Å². The molecule has 3 nitrogen and oxygen atoms in total. The van der Waals surface area contributed by atoms with Gasteiger partial charge in [-0.05, 0) is 30.2 Å². The van der Waals surface area contributed by atoms with Crippen molar-refractivity contribution >= 4 is 27.6 Å². The minimum Gasteiger partial charge on any atom is -0.479 e. The molecule has 0 bridgehead atoms. The van der Waals surface area contributed by atoms with Crippen LogP contribution < -0.4 is 5.32 Å². The lowest BCUT2D eigenvalue weighted by molar-refractivity contribution is -0.138. The molecule has 0 fully saturated rings. The van der Waals surface area contributed by atoms with Gasteiger partial charge in [-0.3, -0.25) is 0 Å². The summed E-state index contributed by atoms with van der Waals surface area (Å²) in [4.78, 5) is 11.4. The summed E-state index contributed by atoms with van der Waals surface area (Å²) in [6, 6.07) is 14.1. The number of hydrogen-bond donors (Lipinski definition) is 2. The van der Waals surface area contributed by atoms with Gasteiger partial charge in [-0.15, -0.1) is 0 Å². The molecule has 4 heteroatoms. The van der Waals surface area contributed by atoms with E-state index in [2.05, 4.69) is 21.2 Å². The highest BCUT2D eigenvalue weighted by atomic mass is 79.9. The fraction of sp³-hybridized carbons (Fsp3) is 0.133. The number of carboxylic acid groups (broad SMARTS) is 1. The first-order chi connectivity index (χ1) is 9.08. The second-order valence-electron chi connectivity index (χ2n) is 4.29. The van der Waals surface area contributed by atoms with Crippen molar-refractivity contribution < 1.29 is 9.90 Å². The second-order valence-corrected chi connectivity index (χ2v) is 5.20. The van der Waals surface area contributed by atoms with E-state index in [1.165, 1.54) is 0 Å². The Balaban J connectivity index is 2.32. The molecule has 0 aromatic heterocycles. The van der Waals surface area contributed by atoms with Gasteiger partial charge in [0, 0.05) is 10.2 Å². The van der Waals surface area contributed by atoms with Crippen molar-refractivity contribution in [2.75, 3.05) is 5.32 Å². The first-order valence-electron chi connectivity index (χ1n) is 5.88. The average molecular weight is 320 g/mol. The largest absolute Gasteiger partial charge is 0.479 e. The Labute approximate surface area is 120 Å². The van der Waals surface area contributed by atoms with Crippen molar-refractivity contribution in [2.24, 2.45) is 0 Å². The van der Waals surface area contributed by atoms with Crippen LogP contribution in [0.4, 0.5) is 5.69 Å². The van der Waals surface area contributed by atoms with Crippen LogP contribution in [0.15, 0.2) is 53.0 Å². The summed E-state index contributed by atoms with van der Waals surface area (Å²) >= 11 is 3.39. The summed E-state index contributed by atoms with van der Waals surface area (Å²) in [6.07, 6.45) is 0. The minimum atomic E-state index is -0.898. The van der Waals surface area contributed by atoms with Crippen LogP contribution in [0, 0.1) is 6.92 Å². The number of anilines is 1. The molecular weight excluding hydrogens is 306 g/mol. The zero-order chi connectivity index (χ0) is 13.8. The van der Waals surface area contributed by atoms with Crippen molar-refractivity contribution in [1.82, 2.24) is 0 Å². The zero-order valence-corrected chi connectivity index (χ0v) is 12.0. The van der Waals surface area contributed by atoms with E-state index in [-0.39, 0.29) is 0 Å². The average Bonchev–Trinajstić information content (AvgIpc) is 2.40. The molecule has 0 aliphatic carbocycles. The Bertz CT molecular complexity index is 584. The van der Waals surface area contributed by atoms with E-state index in [1.807, 2.05) is 43.3 Å². The Morgan fingerprint density at radius 3 is 2.53 bits per heavy atom. The van der Waals surface area contributed by atoms with Crippen molar-refractivity contribution in [3.05, 3.63) is 64.1 Å². The smallest absolute Gasteiger partial charge is 0.330 e. The molecule has 1 unspecified atom stereocenters. The summed E-state index contributed by atoms with van der Waals surface area (Å²) in [7, 11) is 0. The van der Waals surface area contributed by atoms with Gasteiger partial charge in [0.25, 0.3) is 0 Å². The summed E-state index contributed by atoms with van der Waals surface area (Å²) in [5, 5.41) is 12.4. The van der Waals surface area contributed by atoms with E-state index in [0.29, 0.717) is 0 Å². The molecule has 0 spiro atoms. The quantitative estimate of drug-likeness (QED) is 0.895. The number of nitrogens with one attached hydrogen (secondary N) is 1. The van der Waals surface area contributed by atoms with Gasteiger partial charge in [-0.2, -0.15) is 0 Å². The maximum atomic E-state index is 11.4. The van der Waals surface area contributed by atoms with Gasteiger partial charge in [0.05, 0.1) is 0 Å². The molecule has 1 atom stereocenters. The van der Waals surface area contributed by atoms with E-state index in [4.69, 9.17) is 0 Å². The molecule has 0 radical (unpaired) electrons. The van der Waals surface area contributed by atoms with Crippen LogP contribution in [0.1, 0.15) is 17.2 Å². The Morgan fingerprint density at radius 2 is 1.89 bits per heavy atom. The summed E-state index contributed by atoms with van der Waals surface area (Å²) in [5.41, 5.74) is 2.55. The summed E-state index contributed by atoms with van der Waals surface area (Å²) in [5.74, 6) is -0.898. The first-order valence-corrected chi connectivity index (χ1v) is 6.67. The van der Waals surface area contributed by atoms with E-state index < -0.39 is 12.0 Å². The molecule has 0 saturated heterocycles. The lowest BCUT2D eigenvalue weighted by atomic mass is 10.1. The summed E-state index contributed by atoms with van der Waals surface area (Å²) < 4.78 is 0.915. The molecule has 2 N–H and O–H groups in total. The zero-order valence-electron chi connectivity index (χ0n) is 10.4. The van der Waals surface area contributed by atoms with Gasteiger partial charge >= 0.3 is 5.97 Å². The van der Waals surface area contributed by atoms with Gasteiger partial charge in [0.2, 0.25) is 0 Å². The van der Waals surface area contributed by atoms with Gasteiger partial charge in [-0.25, -0.2) is 4.79 Å². The molecule has 0 amide bonds. The van der Waals surface area contributed by atoms with Crippen LogP contribution >= 0.6 is 15.9 Å². The fourth-order valence-corrected chi connectivity index (χ4v) is 2.20. The van der Waals surface area contributed by atoms with Crippen LogP contribution in [-0.2, 0) is 4.79 Å². The van der Waals surface area contributed by atoms with Crippen LogP contribution in [0.3, 0.4) is 0 Å². The molecular formula is C15H14BrNO2. The number of aliphatic carboxylic acids is 1. The van der Waals surface area contributed by atoms with Crippen LogP contribution in [-0.4, -0.2) is 11.1 Å². The van der Waals surface area contributed by atoms with Crippen molar-refractivity contribution in [3.63, 3.8) is 0 Å². The maximum absolute atomic E-state index is 11.4. The monoisotopic (exact) mass is 319 g/mol. The van der Waals surface area contributed by atoms with Gasteiger partial charge < -0.3 is 10.4 Å². The summed E-state index contributed by atoms with van der Waals surface area (Å²) in [6.45, 7) is 1.94. The topological polar surface area (TPSA) is 49.3 Å². The molecule has 2 aromatic rings. The maximum Gasteiger partial charge on any atom is 0.330 e. The number of aryl methyl sites for hydroxylation is 1. The highest BCUT2D eigenvalue weighted by Crippen LogP contribution is 2.25. The van der Waals surface area contributed by atoms with Crippen LogP contribution in [0.25, 0.3) is 0 Å². The Hall–Kier alpha value is -1.81. The molecule has 0 aliphatic rings. The Kier molecular flexibility index (Phi) is 4.22. The third-order valence-corrected chi connectivity index (χ3v) is 3.37. The van der Waals surface area contributed by atoms with Crippen molar-refractivity contribution in [3.8, 4) is 0 Å². The highest BCUT2D eigenvalue weighted by Gasteiger charge is 2.19. The first kappa shape index (κ1) is 13.6. The minimum absolute atomic E-state index is 0.731. The third kappa shape index (κ3) is 3.35. The number of hydrogen-bond acceptors (Lipinski definition) is 2. The molecule has 2 rings (SSSR count). The Morgan fingerprint density at radius 1 is 1.21 bits per heavy atom. The van der Waals surface area contributed by atoms with E-state index >= 15 is 0 Å². The molecule has 98 valence electrons. The van der Waals surface area contributed by atoms with Gasteiger partial charge in [0.15, 0.2) is 6.04 Å². The van der Waals surface area contributed by atoms with Gasteiger partial charge in [-0.1, -0.05) is 52.3 Å². The predicted octanol–water partition coefficient (Wildman–Crippen LogP) is 4.00. The number of rotatable bonds is 4. The molecule has 0 saturated carbocycles. The molecule has 0 heterocycles. The fourth-order valence-electron chi connectivity index (χ4n) is 1.84. The number of benzene rings is 2. The van der Waals surface area contributed by atoms with Crippen LogP contribution in [0.2, 0.25) is 0 Å². The number of carbonyl (C=O) groups is 1. The number of halogens is 1. The van der Waals surface area contributed by atoms with Crippen molar-refractivity contribution in [1.29, 1.82) is 0 Å². The SMILES string of the molecule is Cc1ccc(Br)cc1NC(C(=O)O)c1ccccc1. The normalized spacial score (nSPS) is 11.9. The van der Waals surface area contributed by atoms with Crippen molar-refractivity contribution in [2.45, 2.75) is 13.0 Å². The standard InChI is InChI=1S/C15H14BrNO2/c1-10-7-8-12(16)9-13(10)17-14(15(18)19)11-5-3-2-4-6-11/h2-9,14,17H,1H3,(H,18,19). The lowest BCUT2D eigenvalue weighted by Crippen LogP contribution is -2.20. The van der Waals surface area contributed by atoms with E-state index in [1.54, 1.807) is 12.1 Å². The molecule has 2 aromatic carbocycles. The third-order valence-electron chi connectivity index (χ3n) is 2.88. The molecule has 19 heavy (non-hydrogen) atoms. The molecule has 0 aliphatic heterocycles. The highest BCUT2D eigenvalue weighted by molar-refractivity contribution is 9.10. The predicted molar refractivity (Wildman–Crippen MR) is 79.3 cm³/mol. The van der Waals surface area contributed by atoms with Crippen LogP contribution in [0.5, 0.6) is 0 Å².